The molecular weight excluding hydrogens is 306 g/mol. The number of carbonyl (C=O) groups is 2. The summed E-state index contributed by atoms with van der Waals surface area (Å²) >= 11 is 0. The smallest absolute Gasteiger partial charge is 0.290 e. The van der Waals surface area contributed by atoms with Crippen LogP contribution in [0.1, 0.15) is 16.9 Å². The molecule has 23 heavy (non-hydrogen) atoms. The van der Waals surface area contributed by atoms with Gasteiger partial charge in [-0.1, -0.05) is 6.07 Å². The average Bonchev–Trinajstić information content (AvgIpc) is 3.03. The van der Waals surface area contributed by atoms with Gasteiger partial charge in [0.05, 0.1) is 6.10 Å². The predicted molar refractivity (Wildman–Crippen MR) is 76.6 cm³/mol. The van der Waals surface area contributed by atoms with Crippen molar-refractivity contribution >= 4 is 18.0 Å². The van der Waals surface area contributed by atoms with Crippen LogP contribution >= 0.6 is 0 Å². The number of tetrazole rings is 1. The summed E-state index contributed by atoms with van der Waals surface area (Å²) in [6.45, 7) is 0.397. The molecule has 2 atom stereocenters. The van der Waals surface area contributed by atoms with Crippen LogP contribution in [0.25, 0.3) is 5.65 Å². The van der Waals surface area contributed by atoms with Gasteiger partial charge in [0.1, 0.15) is 5.69 Å². The van der Waals surface area contributed by atoms with Crippen LogP contribution in [-0.2, 0) is 4.79 Å². The number of carbonyl (C=O) groups excluding carboxylic acids is 1. The summed E-state index contributed by atoms with van der Waals surface area (Å²) < 4.78 is 1.38. The van der Waals surface area contributed by atoms with Crippen LogP contribution in [0.3, 0.4) is 0 Å². The standard InChI is InChI=1S/C12H15N5O3.CH2O2/c18-7-8-4-5-16(6-10(8)19)12(20)9-2-1-3-11-13-14-15-17(9)11;2-1-3/h1-3,8,10,18-19H,4-7H2;1H,(H,2,3)/t8-,10-;/m1./s1. The molecule has 0 unspecified atom stereocenters. The van der Waals surface area contributed by atoms with Gasteiger partial charge in [-0.3, -0.25) is 9.59 Å². The third kappa shape index (κ3) is 3.60. The fraction of sp³-hybridized carbons (Fsp3) is 0.462. The van der Waals surface area contributed by atoms with Crippen molar-refractivity contribution in [3.63, 3.8) is 0 Å². The Morgan fingerprint density at radius 2 is 2.17 bits per heavy atom. The molecule has 124 valence electrons. The Balaban J connectivity index is 0.000000595. The number of amides is 1. The molecular formula is C13H17N5O5. The molecule has 2 aromatic heterocycles. The van der Waals surface area contributed by atoms with Crippen LogP contribution in [0.15, 0.2) is 18.2 Å². The molecule has 0 radical (unpaired) electrons. The SMILES string of the molecule is O=C(c1cccc2nnnn12)N1CC[C@H](CO)[C@H](O)C1.O=CO. The lowest BCUT2D eigenvalue weighted by Crippen LogP contribution is -2.47. The Bertz CT molecular complexity index is 676. The van der Waals surface area contributed by atoms with Gasteiger partial charge in [0.2, 0.25) is 0 Å². The minimum absolute atomic E-state index is 0.0637. The van der Waals surface area contributed by atoms with Crippen LogP contribution < -0.4 is 0 Å². The second kappa shape index (κ2) is 7.61. The van der Waals surface area contributed by atoms with Crippen LogP contribution in [0.4, 0.5) is 0 Å². The molecule has 0 aromatic carbocycles. The molecule has 0 aliphatic carbocycles. The predicted octanol–water partition coefficient (Wildman–Crippen LogP) is -1.36. The zero-order valence-corrected chi connectivity index (χ0v) is 12.2. The average molecular weight is 323 g/mol. The van der Waals surface area contributed by atoms with Crippen molar-refractivity contribution in [1.29, 1.82) is 0 Å². The van der Waals surface area contributed by atoms with Gasteiger partial charge >= 0.3 is 0 Å². The maximum Gasteiger partial charge on any atom is 0.290 e. The molecule has 1 aliphatic rings. The third-order valence-electron chi connectivity index (χ3n) is 3.68. The van der Waals surface area contributed by atoms with E-state index in [0.29, 0.717) is 24.3 Å². The number of pyridine rings is 1. The third-order valence-corrected chi connectivity index (χ3v) is 3.68. The van der Waals surface area contributed by atoms with Gasteiger partial charge in [-0.25, -0.2) is 0 Å². The fourth-order valence-corrected chi connectivity index (χ4v) is 2.47. The first-order valence-corrected chi connectivity index (χ1v) is 6.95. The highest BCUT2D eigenvalue weighted by Crippen LogP contribution is 2.19. The zero-order chi connectivity index (χ0) is 16.8. The van der Waals surface area contributed by atoms with Crippen LogP contribution in [0.5, 0.6) is 0 Å². The van der Waals surface area contributed by atoms with E-state index in [2.05, 4.69) is 15.5 Å². The van der Waals surface area contributed by atoms with Crippen molar-refractivity contribution in [1.82, 2.24) is 24.9 Å². The van der Waals surface area contributed by atoms with Gasteiger partial charge in [0, 0.05) is 25.6 Å². The number of hydrogen-bond acceptors (Lipinski definition) is 7. The molecule has 1 aliphatic heterocycles. The number of aliphatic hydroxyl groups is 2. The first-order valence-electron chi connectivity index (χ1n) is 6.95. The number of rotatable bonds is 2. The summed E-state index contributed by atoms with van der Waals surface area (Å²) in [5, 5.41) is 37.0. The first kappa shape index (κ1) is 16.8. The minimum atomic E-state index is -0.703. The lowest BCUT2D eigenvalue weighted by atomic mass is 9.94. The van der Waals surface area contributed by atoms with Crippen molar-refractivity contribution in [3.8, 4) is 0 Å². The largest absolute Gasteiger partial charge is 0.483 e. The molecule has 1 saturated heterocycles. The van der Waals surface area contributed by atoms with E-state index in [4.69, 9.17) is 15.0 Å². The molecule has 3 N–H and O–H groups in total. The molecule has 0 bridgehead atoms. The highest BCUT2D eigenvalue weighted by Gasteiger charge is 2.31. The van der Waals surface area contributed by atoms with E-state index in [-0.39, 0.29) is 31.4 Å². The first-order chi connectivity index (χ1) is 11.1. The number of aliphatic hydroxyl groups excluding tert-OH is 2. The molecule has 3 heterocycles. The van der Waals surface area contributed by atoms with E-state index in [9.17, 15) is 9.90 Å². The highest BCUT2D eigenvalue weighted by atomic mass is 16.3. The summed E-state index contributed by atoms with van der Waals surface area (Å²) in [5.74, 6) is -0.388. The Morgan fingerprint density at radius 3 is 2.83 bits per heavy atom. The number of β-amino-alcohol motifs (C(OH)–C–C–N with tert-alkyl or cyclic N) is 1. The lowest BCUT2D eigenvalue weighted by molar-refractivity contribution is -0.122. The van der Waals surface area contributed by atoms with Crippen molar-refractivity contribution in [2.24, 2.45) is 5.92 Å². The normalized spacial score (nSPS) is 20.7. The summed E-state index contributed by atoms with van der Waals surface area (Å²) in [5.41, 5.74) is 0.865. The van der Waals surface area contributed by atoms with E-state index in [1.807, 2.05) is 0 Å². The molecule has 0 saturated carbocycles. The van der Waals surface area contributed by atoms with E-state index in [1.165, 1.54) is 4.52 Å². The lowest BCUT2D eigenvalue weighted by Gasteiger charge is -2.35. The van der Waals surface area contributed by atoms with Crippen molar-refractivity contribution in [2.75, 3.05) is 19.7 Å². The maximum absolute atomic E-state index is 12.5. The second-order valence-electron chi connectivity index (χ2n) is 5.02. The van der Waals surface area contributed by atoms with E-state index in [0.717, 1.165) is 0 Å². The number of nitrogens with zero attached hydrogens (tertiary/aromatic N) is 5. The monoisotopic (exact) mass is 323 g/mol. The zero-order valence-electron chi connectivity index (χ0n) is 12.2. The molecule has 1 amide bonds. The number of carboxylic acid groups (broad SMARTS) is 1. The highest BCUT2D eigenvalue weighted by molar-refractivity contribution is 5.93. The minimum Gasteiger partial charge on any atom is -0.483 e. The summed E-state index contributed by atoms with van der Waals surface area (Å²) in [7, 11) is 0. The Labute approximate surface area is 130 Å². The van der Waals surface area contributed by atoms with Gasteiger partial charge in [0.25, 0.3) is 12.4 Å². The Kier molecular flexibility index (Phi) is 5.55. The van der Waals surface area contributed by atoms with Crippen LogP contribution in [0, 0.1) is 5.92 Å². The molecule has 2 aromatic rings. The van der Waals surface area contributed by atoms with Crippen LogP contribution in [0.2, 0.25) is 0 Å². The molecule has 0 spiro atoms. The van der Waals surface area contributed by atoms with E-state index in [1.54, 1.807) is 23.1 Å². The quantitative estimate of drug-likeness (QED) is 0.575. The van der Waals surface area contributed by atoms with Gasteiger partial charge in [-0.05, 0) is 29.0 Å². The summed E-state index contributed by atoms with van der Waals surface area (Å²) in [6, 6.07) is 5.08. The Morgan fingerprint density at radius 1 is 1.43 bits per heavy atom. The molecule has 1 fully saturated rings. The van der Waals surface area contributed by atoms with Gasteiger partial charge < -0.3 is 20.2 Å². The van der Waals surface area contributed by atoms with Crippen molar-refractivity contribution in [2.45, 2.75) is 12.5 Å². The summed E-state index contributed by atoms with van der Waals surface area (Å²) in [6.07, 6.45) is -0.125. The van der Waals surface area contributed by atoms with E-state index >= 15 is 0 Å². The van der Waals surface area contributed by atoms with Gasteiger partial charge in [0.15, 0.2) is 5.65 Å². The Hall–Kier alpha value is -2.59. The fourth-order valence-electron chi connectivity index (χ4n) is 2.47. The van der Waals surface area contributed by atoms with Gasteiger partial charge in [-0.2, -0.15) is 4.52 Å². The van der Waals surface area contributed by atoms with Crippen molar-refractivity contribution < 1.29 is 24.9 Å². The number of fused-ring (bicyclic) bond motifs is 1. The maximum atomic E-state index is 12.5. The van der Waals surface area contributed by atoms with E-state index < -0.39 is 6.10 Å². The second-order valence-corrected chi connectivity index (χ2v) is 5.02. The molecule has 10 heteroatoms. The number of aromatic nitrogens is 4. The summed E-state index contributed by atoms with van der Waals surface area (Å²) in [4.78, 5) is 22.4. The van der Waals surface area contributed by atoms with Crippen LogP contribution in [-0.4, -0.2) is 78.4 Å². The van der Waals surface area contributed by atoms with Crippen molar-refractivity contribution in [3.05, 3.63) is 23.9 Å². The number of piperidine rings is 1. The van der Waals surface area contributed by atoms with Gasteiger partial charge in [-0.15, -0.1) is 5.10 Å². The number of hydrogen-bond donors (Lipinski definition) is 3. The topological polar surface area (TPSA) is 141 Å². The molecule has 10 nitrogen and oxygen atoms in total. The molecule has 3 rings (SSSR count). The number of likely N-dealkylation sites (tertiary alicyclic amines) is 1.